The van der Waals surface area contributed by atoms with Gasteiger partial charge in [-0.3, -0.25) is 9.78 Å². The summed E-state index contributed by atoms with van der Waals surface area (Å²) in [5.41, 5.74) is 5.31. The summed E-state index contributed by atoms with van der Waals surface area (Å²) in [5.74, 6) is -0.0869. The van der Waals surface area contributed by atoms with Crippen molar-refractivity contribution in [3.05, 3.63) is 64.5 Å². The SMILES string of the molecule is Cc1ccc(C(=O)NCc2ccc3c(c2)CNC3)cn1. The van der Waals surface area contributed by atoms with E-state index in [4.69, 9.17) is 0 Å². The van der Waals surface area contributed by atoms with E-state index in [1.54, 1.807) is 12.3 Å². The summed E-state index contributed by atoms with van der Waals surface area (Å²) in [6, 6.07) is 9.99. The van der Waals surface area contributed by atoms with Crippen LogP contribution in [0.3, 0.4) is 0 Å². The molecule has 102 valence electrons. The van der Waals surface area contributed by atoms with Gasteiger partial charge in [0.25, 0.3) is 5.91 Å². The minimum atomic E-state index is -0.0869. The van der Waals surface area contributed by atoms with E-state index >= 15 is 0 Å². The summed E-state index contributed by atoms with van der Waals surface area (Å²) in [5, 5.41) is 6.24. The molecule has 2 aromatic rings. The highest BCUT2D eigenvalue weighted by molar-refractivity contribution is 5.93. The van der Waals surface area contributed by atoms with Crippen molar-refractivity contribution >= 4 is 5.91 Å². The molecule has 2 heterocycles. The number of nitrogens with one attached hydrogen (secondary N) is 2. The molecular formula is C16H17N3O. The molecule has 2 N–H and O–H groups in total. The smallest absolute Gasteiger partial charge is 0.253 e. The van der Waals surface area contributed by atoms with Crippen LogP contribution < -0.4 is 10.6 Å². The van der Waals surface area contributed by atoms with Crippen molar-refractivity contribution in [1.29, 1.82) is 0 Å². The van der Waals surface area contributed by atoms with Gasteiger partial charge in [-0.15, -0.1) is 0 Å². The molecule has 1 aromatic carbocycles. The van der Waals surface area contributed by atoms with Crippen LogP contribution in [0.1, 0.15) is 32.7 Å². The lowest BCUT2D eigenvalue weighted by atomic mass is 10.1. The first-order valence-electron chi connectivity index (χ1n) is 6.74. The third kappa shape index (κ3) is 2.70. The third-order valence-electron chi connectivity index (χ3n) is 3.53. The van der Waals surface area contributed by atoms with E-state index in [9.17, 15) is 4.79 Å². The summed E-state index contributed by atoms with van der Waals surface area (Å²) in [4.78, 5) is 16.1. The second-order valence-corrected chi connectivity index (χ2v) is 5.08. The first-order chi connectivity index (χ1) is 9.72. The summed E-state index contributed by atoms with van der Waals surface area (Å²) in [7, 11) is 0. The summed E-state index contributed by atoms with van der Waals surface area (Å²) in [6.07, 6.45) is 1.61. The Labute approximate surface area is 118 Å². The van der Waals surface area contributed by atoms with Crippen molar-refractivity contribution in [2.24, 2.45) is 0 Å². The van der Waals surface area contributed by atoms with Crippen LogP contribution in [0.5, 0.6) is 0 Å². The second-order valence-electron chi connectivity index (χ2n) is 5.08. The molecule has 3 rings (SSSR count). The van der Waals surface area contributed by atoms with E-state index < -0.39 is 0 Å². The van der Waals surface area contributed by atoms with Crippen molar-refractivity contribution in [1.82, 2.24) is 15.6 Å². The number of rotatable bonds is 3. The number of nitrogens with zero attached hydrogens (tertiary/aromatic N) is 1. The molecule has 0 spiro atoms. The fourth-order valence-electron chi connectivity index (χ4n) is 2.34. The number of benzene rings is 1. The van der Waals surface area contributed by atoms with Crippen LogP contribution >= 0.6 is 0 Å². The Morgan fingerprint density at radius 1 is 1.25 bits per heavy atom. The van der Waals surface area contributed by atoms with E-state index in [1.165, 1.54) is 11.1 Å². The first kappa shape index (κ1) is 12.8. The zero-order chi connectivity index (χ0) is 13.9. The quantitative estimate of drug-likeness (QED) is 0.893. The number of hydrogen-bond donors (Lipinski definition) is 2. The molecule has 0 fully saturated rings. The molecule has 1 amide bonds. The molecule has 1 aromatic heterocycles. The van der Waals surface area contributed by atoms with Crippen molar-refractivity contribution in [2.75, 3.05) is 0 Å². The fourth-order valence-corrected chi connectivity index (χ4v) is 2.34. The Balaban J connectivity index is 1.64. The molecule has 0 saturated heterocycles. The van der Waals surface area contributed by atoms with Crippen LogP contribution in [0.15, 0.2) is 36.5 Å². The fraction of sp³-hybridized carbons (Fsp3) is 0.250. The molecule has 0 radical (unpaired) electrons. The Morgan fingerprint density at radius 3 is 2.90 bits per heavy atom. The van der Waals surface area contributed by atoms with E-state index in [2.05, 4.69) is 33.8 Å². The van der Waals surface area contributed by atoms with Crippen molar-refractivity contribution in [3.63, 3.8) is 0 Å². The molecule has 0 aliphatic carbocycles. The number of amides is 1. The van der Waals surface area contributed by atoms with Crippen LogP contribution in [-0.4, -0.2) is 10.9 Å². The van der Waals surface area contributed by atoms with Gasteiger partial charge in [-0.1, -0.05) is 18.2 Å². The lowest BCUT2D eigenvalue weighted by molar-refractivity contribution is 0.0950. The van der Waals surface area contributed by atoms with Gasteiger partial charge in [0, 0.05) is 31.5 Å². The van der Waals surface area contributed by atoms with E-state index in [0.29, 0.717) is 12.1 Å². The number of carbonyl (C=O) groups excluding carboxylic acids is 1. The highest BCUT2D eigenvalue weighted by Crippen LogP contribution is 2.16. The van der Waals surface area contributed by atoms with Gasteiger partial charge in [-0.2, -0.15) is 0 Å². The summed E-state index contributed by atoms with van der Waals surface area (Å²) >= 11 is 0. The molecule has 4 nitrogen and oxygen atoms in total. The minimum Gasteiger partial charge on any atom is -0.348 e. The average Bonchev–Trinajstić information content (AvgIpc) is 2.93. The molecule has 4 heteroatoms. The lowest BCUT2D eigenvalue weighted by Gasteiger charge is -2.07. The summed E-state index contributed by atoms with van der Waals surface area (Å²) in [6.45, 7) is 4.30. The van der Waals surface area contributed by atoms with Gasteiger partial charge in [0.1, 0.15) is 0 Å². The number of aryl methyl sites for hydroxylation is 1. The molecule has 1 aliphatic heterocycles. The standard InChI is InChI=1S/C16H17N3O/c1-11-2-4-14(10-18-11)16(20)19-7-12-3-5-13-8-17-9-15(13)6-12/h2-6,10,17H,7-9H2,1H3,(H,19,20). The van der Waals surface area contributed by atoms with E-state index in [1.807, 2.05) is 13.0 Å². The second kappa shape index (κ2) is 5.43. The van der Waals surface area contributed by atoms with Gasteiger partial charge < -0.3 is 10.6 Å². The average molecular weight is 267 g/mol. The van der Waals surface area contributed by atoms with Gasteiger partial charge in [0.15, 0.2) is 0 Å². The normalized spacial score (nSPS) is 13.1. The van der Waals surface area contributed by atoms with Crippen LogP contribution in [-0.2, 0) is 19.6 Å². The first-order valence-corrected chi connectivity index (χ1v) is 6.74. The molecule has 1 aliphatic rings. The number of pyridine rings is 1. The Kier molecular flexibility index (Phi) is 3.48. The molecular weight excluding hydrogens is 250 g/mol. The number of hydrogen-bond acceptors (Lipinski definition) is 3. The minimum absolute atomic E-state index is 0.0869. The summed E-state index contributed by atoms with van der Waals surface area (Å²) < 4.78 is 0. The van der Waals surface area contributed by atoms with Crippen LogP contribution in [0, 0.1) is 6.92 Å². The van der Waals surface area contributed by atoms with Gasteiger partial charge in [-0.05, 0) is 35.7 Å². The number of aromatic nitrogens is 1. The highest BCUT2D eigenvalue weighted by Gasteiger charge is 2.11. The topological polar surface area (TPSA) is 54.0 Å². The van der Waals surface area contributed by atoms with Crippen LogP contribution in [0.2, 0.25) is 0 Å². The van der Waals surface area contributed by atoms with Crippen molar-refractivity contribution in [3.8, 4) is 0 Å². The van der Waals surface area contributed by atoms with Crippen LogP contribution in [0.25, 0.3) is 0 Å². The predicted molar refractivity (Wildman–Crippen MR) is 77.1 cm³/mol. The third-order valence-corrected chi connectivity index (χ3v) is 3.53. The van der Waals surface area contributed by atoms with E-state index in [0.717, 1.165) is 24.3 Å². The monoisotopic (exact) mass is 267 g/mol. The number of carbonyl (C=O) groups is 1. The molecule has 0 unspecified atom stereocenters. The zero-order valence-corrected chi connectivity index (χ0v) is 11.4. The Bertz CT molecular complexity index is 635. The van der Waals surface area contributed by atoms with E-state index in [-0.39, 0.29) is 5.91 Å². The molecule has 0 atom stereocenters. The molecule has 0 bridgehead atoms. The molecule has 0 saturated carbocycles. The highest BCUT2D eigenvalue weighted by atomic mass is 16.1. The number of fused-ring (bicyclic) bond motifs is 1. The van der Waals surface area contributed by atoms with Crippen LogP contribution in [0.4, 0.5) is 0 Å². The Hall–Kier alpha value is -2.20. The van der Waals surface area contributed by atoms with Crippen molar-refractivity contribution in [2.45, 2.75) is 26.6 Å². The maximum Gasteiger partial charge on any atom is 0.253 e. The predicted octanol–water partition coefficient (Wildman–Crippen LogP) is 1.92. The molecule has 20 heavy (non-hydrogen) atoms. The van der Waals surface area contributed by atoms with Gasteiger partial charge in [0.2, 0.25) is 0 Å². The van der Waals surface area contributed by atoms with Gasteiger partial charge in [0.05, 0.1) is 5.56 Å². The van der Waals surface area contributed by atoms with Gasteiger partial charge >= 0.3 is 0 Å². The van der Waals surface area contributed by atoms with Gasteiger partial charge in [-0.25, -0.2) is 0 Å². The lowest BCUT2D eigenvalue weighted by Crippen LogP contribution is -2.23. The largest absolute Gasteiger partial charge is 0.348 e. The van der Waals surface area contributed by atoms with Crippen molar-refractivity contribution < 1.29 is 4.79 Å². The zero-order valence-electron chi connectivity index (χ0n) is 11.4. The maximum absolute atomic E-state index is 12.0. The Morgan fingerprint density at radius 2 is 2.10 bits per heavy atom. The maximum atomic E-state index is 12.0.